The van der Waals surface area contributed by atoms with Crippen LogP contribution in [0.15, 0.2) is 5.38 Å². The SMILES string of the molecule is CC(=O)Nc1nc(C(=O)NC2C3CCCC2CC(N)C3)cs1.Cl.Cl. The van der Waals surface area contributed by atoms with Gasteiger partial charge in [-0.1, -0.05) is 6.42 Å². The Hall–Kier alpha value is -0.890. The summed E-state index contributed by atoms with van der Waals surface area (Å²) in [4.78, 5) is 27.6. The molecule has 1 aromatic rings. The van der Waals surface area contributed by atoms with Crippen LogP contribution < -0.4 is 16.4 Å². The summed E-state index contributed by atoms with van der Waals surface area (Å²) in [6, 6.07) is 0.487. The molecule has 2 fully saturated rings. The lowest BCUT2D eigenvalue weighted by atomic mass is 9.67. The lowest BCUT2D eigenvalue weighted by molar-refractivity contribution is -0.114. The first-order valence-corrected chi connectivity index (χ1v) is 8.70. The van der Waals surface area contributed by atoms with E-state index in [9.17, 15) is 9.59 Å². The molecule has 0 spiro atoms. The van der Waals surface area contributed by atoms with E-state index in [0.29, 0.717) is 22.7 Å². The first-order valence-electron chi connectivity index (χ1n) is 7.82. The van der Waals surface area contributed by atoms with Gasteiger partial charge in [0.25, 0.3) is 5.91 Å². The predicted octanol–water partition coefficient (Wildman–Crippen LogP) is 2.58. The number of carbonyl (C=O) groups excluding carboxylic acids is 2. The van der Waals surface area contributed by atoms with Crippen LogP contribution in [-0.4, -0.2) is 28.9 Å². The largest absolute Gasteiger partial charge is 0.347 e. The first kappa shape index (κ1) is 21.2. The number of carbonyl (C=O) groups is 2. The van der Waals surface area contributed by atoms with E-state index < -0.39 is 0 Å². The Labute approximate surface area is 158 Å². The highest BCUT2D eigenvalue weighted by molar-refractivity contribution is 7.14. The van der Waals surface area contributed by atoms with Crippen LogP contribution in [0.3, 0.4) is 0 Å². The van der Waals surface area contributed by atoms with E-state index in [4.69, 9.17) is 5.73 Å². The fourth-order valence-corrected chi connectivity index (χ4v) is 4.57. The van der Waals surface area contributed by atoms with Crippen LogP contribution in [-0.2, 0) is 4.79 Å². The van der Waals surface area contributed by atoms with Crippen molar-refractivity contribution in [1.29, 1.82) is 0 Å². The summed E-state index contributed by atoms with van der Waals surface area (Å²) in [5.74, 6) is 0.641. The summed E-state index contributed by atoms with van der Waals surface area (Å²) >= 11 is 1.27. The number of halogens is 2. The van der Waals surface area contributed by atoms with Gasteiger partial charge in [-0.15, -0.1) is 36.2 Å². The summed E-state index contributed by atoms with van der Waals surface area (Å²) in [6.45, 7) is 1.42. The molecule has 2 atom stereocenters. The fourth-order valence-electron chi connectivity index (χ4n) is 3.84. The van der Waals surface area contributed by atoms with Gasteiger partial charge in [0.1, 0.15) is 5.69 Å². The number of aromatic nitrogens is 1. The molecule has 1 aromatic heterocycles. The zero-order chi connectivity index (χ0) is 15.7. The minimum Gasteiger partial charge on any atom is -0.347 e. The topological polar surface area (TPSA) is 97.1 Å². The minimum absolute atomic E-state index is 0. The molecule has 2 bridgehead atoms. The number of nitrogens with two attached hydrogens (primary N) is 1. The predicted molar refractivity (Wildman–Crippen MR) is 100 cm³/mol. The van der Waals surface area contributed by atoms with Crippen molar-refractivity contribution in [3.8, 4) is 0 Å². The van der Waals surface area contributed by atoms with E-state index >= 15 is 0 Å². The van der Waals surface area contributed by atoms with Crippen LogP contribution in [0.4, 0.5) is 5.13 Å². The molecule has 24 heavy (non-hydrogen) atoms. The summed E-state index contributed by atoms with van der Waals surface area (Å²) in [6.07, 6.45) is 5.51. The molecule has 2 unspecified atom stereocenters. The van der Waals surface area contributed by atoms with Gasteiger partial charge in [-0.25, -0.2) is 4.98 Å². The van der Waals surface area contributed by atoms with Crippen molar-refractivity contribution in [3.05, 3.63) is 11.1 Å². The second-order valence-electron chi connectivity index (χ2n) is 6.40. The van der Waals surface area contributed by atoms with Gasteiger partial charge in [-0.2, -0.15) is 0 Å². The average Bonchev–Trinajstić information content (AvgIpc) is 2.87. The number of hydrogen-bond donors (Lipinski definition) is 3. The Bertz CT molecular complexity index is 570. The van der Waals surface area contributed by atoms with Crippen molar-refractivity contribution < 1.29 is 9.59 Å². The monoisotopic (exact) mass is 394 g/mol. The number of anilines is 1. The van der Waals surface area contributed by atoms with Crippen LogP contribution in [0, 0.1) is 11.8 Å². The molecule has 2 aliphatic rings. The van der Waals surface area contributed by atoms with Crippen molar-refractivity contribution in [2.75, 3.05) is 5.32 Å². The molecule has 3 rings (SSSR count). The third-order valence-corrected chi connectivity index (χ3v) is 5.45. The Morgan fingerprint density at radius 2 is 1.88 bits per heavy atom. The molecule has 0 saturated heterocycles. The number of nitrogens with one attached hydrogen (secondary N) is 2. The molecule has 136 valence electrons. The number of amides is 2. The number of fused-ring (bicyclic) bond motifs is 2. The highest BCUT2D eigenvalue weighted by atomic mass is 35.5. The lowest BCUT2D eigenvalue weighted by Crippen LogP contribution is -2.53. The number of thiazole rings is 1. The molecule has 2 amide bonds. The maximum absolute atomic E-state index is 12.4. The standard InChI is InChI=1S/C15H22N4O2S.2ClH/c1-8(20)17-15-18-12(7-22-15)14(21)19-13-9-3-2-4-10(13)6-11(16)5-9;;/h7,9-11,13H,2-6,16H2,1H3,(H,19,21)(H,17,18,20);2*1H. The molecule has 2 saturated carbocycles. The maximum Gasteiger partial charge on any atom is 0.271 e. The molecule has 6 nitrogen and oxygen atoms in total. The fraction of sp³-hybridized carbons (Fsp3) is 0.667. The maximum atomic E-state index is 12.4. The third-order valence-electron chi connectivity index (χ3n) is 4.69. The molecule has 9 heteroatoms. The number of hydrogen-bond acceptors (Lipinski definition) is 5. The van der Waals surface area contributed by atoms with Crippen molar-refractivity contribution in [2.24, 2.45) is 17.6 Å². The Kier molecular flexibility index (Phi) is 7.92. The second-order valence-corrected chi connectivity index (χ2v) is 7.26. The smallest absolute Gasteiger partial charge is 0.271 e. The molecule has 0 radical (unpaired) electrons. The first-order chi connectivity index (χ1) is 10.5. The van der Waals surface area contributed by atoms with Gasteiger partial charge in [0.05, 0.1) is 0 Å². The lowest BCUT2D eigenvalue weighted by Gasteiger charge is -2.45. The molecule has 0 aromatic carbocycles. The van der Waals surface area contributed by atoms with E-state index in [0.717, 1.165) is 25.7 Å². The van der Waals surface area contributed by atoms with E-state index in [1.165, 1.54) is 24.7 Å². The Morgan fingerprint density at radius 3 is 2.46 bits per heavy atom. The highest BCUT2D eigenvalue weighted by Crippen LogP contribution is 2.39. The van der Waals surface area contributed by atoms with Gasteiger partial charge >= 0.3 is 0 Å². The molecule has 2 aliphatic carbocycles. The van der Waals surface area contributed by atoms with Crippen LogP contribution in [0.1, 0.15) is 49.5 Å². The average molecular weight is 395 g/mol. The van der Waals surface area contributed by atoms with Crippen molar-refractivity contribution in [2.45, 2.75) is 51.1 Å². The highest BCUT2D eigenvalue weighted by Gasteiger charge is 2.40. The Balaban J connectivity index is 0.00000144. The Morgan fingerprint density at radius 1 is 1.25 bits per heavy atom. The van der Waals surface area contributed by atoms with Gasteiger partial charge < -0.3 is 16.4 Å². The van der Waals surface area contributed by atoms with Gasteiger partial charge in [-0.05, 0) is 37.5 Å². The zero-order valence-corrected chi connectivity index (χ0v) is 15.9. The molecular formula is C15H24Cl2N4O2S. The van der Waals surface area contributed by atoms with E-state index in [-0.39, 0.29) is 48.7 Å². The summed E-state index contributed by atoms with van der Waals surface area (Å²) in [5, 5.41) is 7.91. The molecule has 1 heterocycles. The summed E-state index contributed by atoms with van der Waals surface area (Å²) in [5.41, 5.74) is 6.49. The van der Waals surface area contributed by atoms with E-state index in [1.54, 1.807) is 5.38 Å². The number of rotatable bonds is 3. The zero-order valence-electron chi connectivity index (χ0n) is 13.5. The third kappa shape index (κ3) is 4.81. The van der Waals surface area contributed by atoms with Gasteiger partial charge in [0.2, 0.25) is 5.91 Å². The molecule has 4 N–H and O–H groups in total. The van der Waals surface area contributed by atoms with Crippen LogP contribution in [0.2, 0.25) is 0 Å². The summed E-state index contributed by atoms with van der Waals surface area (Å²) < 4.78 is 0. The normalized spacial score (nSPS) is 28.1. The molecule has 0 aliphatic heterocycles. The van der Waals surface area contributed by atoms with E-state index in [2.05, 4.69) is 15.6 Å². The van der Waals surface area contributed by atoms with Gasteiger partial charge in [0, 0.05) is 24.4 Å². The van der Waals surface area contributed by atoms with Gasteiger partial charge in [0.15, 0.2) is 5.13 Å². The van der Waals surface area contributed by atoms with Crippen LogP contribution in [0.5, 0.6) is 0 Å². The van der Waals surface area contributed by atoms with Crippen molar-refractivity contribution in [3.63, 3.8) is 0 Å². The number of nitrogens with zero attached hydrogens (tertiary/aromatic N) is 1. The second kappa shape index (κ2) is 8.99. The van der Waals surface area contributed by atoms with E-state index in [1.807, 2.05) is 0 Å². The van der Waals surface area contributed by atoms with Crippen molar-refractivity contribution >= 4 is 53.1 Å². The van der Waals surface area contributed by atoms with Crippen molar-refractivity contribution in [1.82, 2.24) is 10.3 Å². The quantitative estimate of drug-likeness (QED) is 0.733. The molecular weight excluding hydrogens is 371 g/mol. The van der Waals surface area contributed by atoms with Crippen LogP contribution in [0.25, 0.3) is 0 Å². The van der Waals surface area contributed by atoms with Gasteiger partial charge in [-0.3, -0.25) is 9.59 Å². The minimum atomic E-state index is -0.183. The summed E-state index contributed by atoms with van der Waals surface area (Å²) in [7, 11) is 0. The van der Waals surface area contributed by atoms with Crippen LogP contribution >= 0.6 is 36.2 Å².